The highest BCUT2D eigenvalue weighted by Crippen LogP contribution is 2.29. The lowest BCUT2D eigenvalue weighted by Gasteiger charge is -2.28. The quantitative estimate of drug-likeness (QED) is 0.484. The van der Waals surface area contributed by atoms with Gasteiger partial charge in [-0.15, -0.1) is 0 Å². The lowest BCUT2D eigenvalue weighted by Crippen LogP contribution is -3.05. The van der Waals surface area contributed by atoms with E-state index in [2.05, 4.69) is 10.3 Å². The standard InChI is InChI=1S/C22H16ClFN4O2/c23-21-14(12-25)10-16(24)22(27-21)26-17(13-6-2-1-3-7-13)11-19-20(29)15-8-4-5-9-18(15)28(19)30/h1-10,17,19,28H,11H2,(H,26,27). The number of carbonyl (C=O) groups excluding carboxylic acids is 1. The van der Waals surface area contributed by atoms with Crippen LogP contribution in [0.1, 0.15) is 33.9 Å². The van der Waals surface area contributed by atoms with Gasteiger partial charge in [-0.05, 0) is 17.7 Å². The summed E-state index contributed by atoms with van der Waals surface area (Å²) in [5, 5.41) is 24.4. The third-order valence-corrected chi connectivity index (χ3v) is 5.41. The number of hydrogen-bond donors (Lipinski definition) is 2. The van der Waals surface area contributed by atoms with Crippen molar-refractivity contribution in [3.8, 4) is 6.07 Å². The molecular weight excluding hydrogens is 407 g/mol. The number of halogens is 2. The van der Waals surface area contributed by atoms with Crippen LogP contribution in [0, 0.1) is 22.4 Å². The van der Waals surface area contributed by atoms with Gasteiger partial charge in [-0.2, -0.15) is 5.26 Å². The summed E-state index contributed by atoms with van der Waals surface area (Å²) in [6.07, 6.45) is 0.120. The number of hydrogen-bond acceptors (Lipinski definition) is 5. The van der Waals surface area contributed by atoms with Crippen molar-refractivity contribution in [2.75, 3.05) is 5.32 Å². The third-order valence-electron chi connectivity index (χ3n) is 5.13. The molecule has 3 unspecified atom stereocenters. The van der Waals surface area contributed by atoms with E-state index in [1.807, 2.05) is 30.3 Å². The van der Waals surface area contributed by atoms with E-state index in [-0.39, 0.29) is 33.8 Å². The van der Waals surface area contributed by atoms with Crippen LogP contribution in [-0.4, -0.2) is 16.8 Å². The summed E-state index contributed by atoms with van der Waals surface area (Å²) in [5.74, 6) is -1.14. The lowest BCUT2D eigenvalue weighted by molar-refractivity contribution is -0.791. The van der Waals surface area contributed by atoms with Gasteiger partial charge >= 0.3 is 0 Å². The second-order valence-electron chi connectivity index (χ2n) is 6.94. The molecule has 0 fully saturated rings. The van der Waals surface area contributed by atoms with Crippen molar-refractivity contribution in [3.63, 3.8) is 0 Å². The minimum absolute atomic E-state index is 0.0763. The summed E-state index contributed by atoms with van der Waals surface area (Å²) in [5.41, 5.74) is 1.50. The van der Waals surface area contributed by atoms with Gasteiger partial charge in [-0.3, -0.25) is 4.79 Å². The van der Waals surface area contributed by atoms with Crippen LogP contribution in [0.25, 0.3) is 0 Å². The molecule has 2 heterocycles. The van der Waals surface area contributed by atoms with Gasteiger partial charge < -0.3 is 15.6 Å². The van der Waals surface area contributed by atoms with Crippen LogP contribution in [-0.2, 0) is 0 Å². The first-order valence-corrected chi connectivity index (χ1v) is 9.62. The molecule has 0 bridgehead atoms. The number of rotatable bonds is 5. The number of nitrogens with zero attached hydrogens (tertiary/aromatic N) is 2. The molecule has 0 radical (unpaired) electrons. The van der Waals surface area contributed by atoms with E-state index in [0.717, 1.165) is 11.6 Å². The normalized spacial score (nSPS) is 18.5. The van der Waals surface area contributed by atoms with Gasteiger partial charge in [0.2, 0.25) is 5.78 Å². The van der Waals surface area contributed by atoms with Crippen molar-refractivity contribution in [2.24, 2.45) is 0 Å². The lowest BCUT2D eigenvalue weighted by atomic mass is 9.96. The molecule has 0 saturated heterocycles. The van der Waals surface area contributed by atoms with E-state index in [9.17, 15) is 14.4 Å². The Labute approximate surface area is 177 Å². The molecule has 8 heteroatoms. The molecule has 2 aromatic carbocycles. The molecule has 4 rings (SSSR count). The topological polar surface area (TPSA) is 93.3 Å². The first kappa shape index (κ1) is 20.0. The molecule has 2 N–H and O–H groups in total. The number of ketones is 1. The number of pyridine rings is 1. The molecule has 30 heavy (non-hydrogen) atoms. The van der Waals surface area contributed by atoms with Crippen molar-refractivity contribution in [2.45, 2.75) is 18.5 Å². The summed E-state index contributed by atoms with van der Waals surface area (Å²) >= 11 is 5.96. The van der Waals surface area contributed by atoms with Crippen molar-refractivity contribution in [1.82, 2.24) is 4.98 Å². The highest BCUT2D eigenvalue weighted by atomic mass is 35.5. The summed E-state index contributed by atoms with van der Waals surface area (Å²) in [4.78, 5) is 16.8. The molecule has 1 aromatic heterocycles. The molecular formula is C22H16ClFN4O2. The van der Waals surface area contributed by atoms with E-state index < -0.39 is 17.9 Å². The number of carbonyl (C=O) groups is 1. The highest BCUT2D eigenvalue weighted by molar-refractivity contribution is 6.30. The van der Waals surface area contributed by atoms with Gasteiger partial charge in [-0.1, -0.05) is 54.1 Å². The molecule has 3 atom stereocenters. The van der Waals surface area contributed by atoms with Crippen molar-refractivity contribution >= 4 is 28.9 Å². The minimum Gasteiger partial charge on any atom is -0.628 e. The molecule has 1 aliphatic rings. The first-order valence-electron chi connectivity index (χ1n) is 9.24. The Morgan fingerprint density at radius 1 is 1.23 bits per heavy atom. The predicted molar refractivity (Wildman–Crippen MR) is 110 cm³/mol. The van der Waals surface area contributed by atoms with Crippen LogP contribution in [0.5, 0.6) is 0 Å². The molecule has 0 spiro atoms. The first-order chi connectivity index (χ1) is 14.5. The van der Waals surface area contributed by atoms with Gasteiger partial charge in [0.15, 0.2) is 17.7 Å². The van der Waals surface area contributed by atoms with E-state index in [0.29, 0.717) is 11.3 Å². The van der Waals surface area contributed by atoms with E-state index >= 15 is 0 Å². The maximum Gasteiger partial charge on any atom is 0.226 e. The Kier molecular flexibility index (Phi) is 5.46. The van der Waals surface area contributed by atoms with Crippen molar-refractivity contribution in [3.05, 3.63) is 93.5 Å². The highest BCUT2D eigenvalue weighted by Gasteiger charge is 2.39. The monoisotopic (exact) mass is 422 g/mol. The SMILES string of the molecule is N#Cc1cc(F)c(NC(CC2C(=O)c3ccccc3[NH+]2[O-])c2ccccc2)nc1Cl. The number of nitrogens with one attached hydrogen (secondary N) is 2. The van der Waals surface area contributed by atoms with Crippen LogP contribution in [0.3, 0.4) is 0 Å². The molecule has 150 valence electrons. The molecule has 0 saturated carbocycles. The average molecular weight is 423 g/mol. The fourth-order valence-electron chi connectivity index (χ4n) is 3.63. The summed E-state index contributed by atoms with van der Waals surface area (Å²) in [6.45, 7) is 0. The Morgan fingerprint density at radius 3 is 2.63 bits per heavy atom. The number of nitriles is 1. The summed E-state index contributed by atoms with van der Waals surface area (Å²) < 4.78 is 14.5. The second kappa shape index (κ2) is 8.20. The fraction of sp³-hybridized carbons (Fsp3) is 0.136. The van der Waals surface area contributed by atoms with Crippen LogP contribution in [0.15, 0.2) is 60.7 Å². The Morgan fingerprint density at radius 2 is 1.93 bits per heavy atom. The summed E-state index contributed by atoms with van der Waals surface area (Å²) in [7, 11) is 0. The molecule has 3 aromatic rings. The largest absolute Gasteiger partial charge is 0.628 e. The number of quaternary nitrogens is 1. The number of aromatic nitrogens is 1. The van der Waals surface area contributed by atoms with E-state index in [1.54, 1.807) is 30.3 Å². The van der Waals surface area contributed by atoms with Crippen LogP contribution >= 0.6 is 11.6 Å². The number of para-hydroxylation sites is 1. The molecule has 1 aliphatic heterocycles. The van der Waals surface area contributed by atoms with Gasteiger partial charge in [0.1, 0.15) is 16.9 Å². The smallest absolute Gasteiger partial charge is 0.226 e. The summed E-state index contributed by atoms with van der Waals surface area (Å²) in [6, 6.07) is 17.1. The number of fused-ring (bicyclic) bond motifs is 1. The maximum atomic E-state index is 14.5. The maximum absolute atomic E-state index is 14.5. The fourth-order valence-corrected chi connectivity index (χ4v) is 3.81. The van der Waals surface area contributed by atoms with Crippen molar-refractivity contribution < 1.29 is 14.2 Å². The predicted octanol–water partition coefficient (Wildman–Crippen LogP) is 3.57. The van der Waals surface area contributed by atoms with Gasteiger partial charge in [0, 0.05) is 12.5 Å². The minimum atomic E-state index is -0.878. The number of hydroxylamine groups is 1. The second-order valence-corrected chi connectivity index (χ2v) is 7.30. The van der Waals surface area contributed by atoms with E-state index in [1.165, 1.54) is 0 Å². The van der Waals surface area contributed by atoms with Crippen molar-refractivity contribution in [1.29, 1.82) is 5.26 Å². The number of benzene rings is 2. The van der Waals surface area contributed by atoms with Gasteiger partial charge in [0.05, 0.1) is 17.2 Å². The Bertz CT molecular complexity index is 1150. The number of Topliss-reactive ketones (excluding diaryl/α,β-unsaturated/α-hetero) is 1. The zero-order valence-corrected chi connectivity index (χ0v) is 16.4. The average Bonchev–Trinajstić information content (AvgIpc) is 3.01. The van der Waals surface area contributed by atoms with Gasteiger partial charge in [0.25, 0.3) is 0 Å². The number of anilines is 1. The zero-order chi connectivity index (χ0) is 21.3. The molecule has 6 nitrogen and oxygen atoms in total. The van der Waals surface area contributed by atoms with Crippen LogP contribution in [0.4, 0.5) is 15.9 Å². The van der Waals surface area contributed by atoms with E-state index in [4.69, 9.17) is 16.9 Å². The third kappa shape index (κ3) is 3.64. The Hall–Kier alpha value is -3.31. The van der Waals surface area contributed by atoms with Crippen LogP contribution < -0.4 is 10.4 Å². The zero-order valence-electron chi connectivity index (χ0n) is 15.6. The molecule has 0 amide bonds. The van der Waals surface area contributed by atoms with Crippen LogP contribution in [0.2, 0.25) is 5.15 Å². The van der Waals surface area contributed by atoms with Gasteiger partial charge in [-0.25, -0.2) is 9.37 Å². The molecule has 0 aliphatic carbocycles. The Balaban J connectivity index is 1.67.